The van der Waals surface area contributed by atoms with Gasteiger partial charge in [0.2, 0.25) is 15.9 Å². The van der Waals surface area contributed by atoms with E-state index in [1.807, 2.05) is 66.0 Å². The van der Waals surface area contributed by atoms with Gasteiger partial charge in [-0.25, -0.2) is 13.1 Å². The van der Waals surface area contributed by atoms with Crippen molar-refractivity contribution in [2.75, 3.05) is 13.1 Å². The Hall–Kier alpha value is -2.38. The number of hydrogen-bond donors (Lipinski definition) is 1. The monoisotopic (exact) mass is 415 g/mol. The molecule has 0 bridgehead atoms. The summed E-state index contributed by atoms with van der Waals surface area (Å²) in [6.07, 6.45) is 7.48. The van der Waals surface area contributed by atoms with E-state index in [2.05, 4.69) is 4.72 Å². The van der Waals surface area contributed by atoms with Gasteiger partial charge in [0, 0.05) is 30.9 Å². The van der Waals surface area contributed by atoms with Crippen LogP contribution in [0.3, 0.4) is 0 Å². The molecule has 3 rings (SSSR count). The summed E-state index contributed by atoms with van der Waals surface area (Å²) in [5, 5.41) is 1.11. The highest BCUT2D eigenvalue weighted by molar-refractivity contribution is 7.92. The fourth-order valence-electron chi connectivity index (χ4n) is 3.69. The predicted molar refractivity (Wildman–Crippen MR) is 115 cm³/mol. The van der Waals surface area contributed by atoms with Crippen LogP contribution in [0.15, 0.2) is 48.0 Å². The van der Waals surface area contributed by atoms with Crippen LogP contribution in [-0.2, 0) is 21.9 Å². The Morgan fingerprint density at radius 3 is 2.62 bits per heavy atom. The first-order valence-corrected chi connectivity index (χ1v) is 11.6. The molecule has 0 saturated carbocycles. The Morgan fingerprint density at radius 1 is 1.17 bits per heavy atom. The zero-order valence-corrected chi connectivity index (χ0v) is 17.9. The zero-order chi connectivity index (χ0) is 20.9. The second kappa shape index (κ2) is 9.41. The molecule has 1 amide bonds. The predicted octanol–water partition coefficient (Wildman–Crippen LogP) is 3.37. The molecular weight excluding hydrogens is 386 g/mol. The van der Waals surface area contributed by atoms with E-state index < -0.39 is 10.0 Å². The Kier molecular flexibility index (Phi) is 6.92. The van der Waals surface area contributed by atoms with Crippen LogP contribution in [0.5, 0.6) is 0 Å². The number of rotatable bonds is 6. The highest BCUT2D eigenvalue weighted by atomic mass is 32.2. The Balaban J connectivity index is 1.66. The van der Waals surface area contributed by atoms with Gasteiger partial charge in [-0.3, -0.25) is 4.79 Å². The average molecular weight is 416 g/mol. The van der Waals surface area contributed by atoms with E-state index in [-0.39, 0.29) is 18.5 Å². The topological polar surface area (TPSA) is 71.4 Å². The molecule has 1 aromatic carbocycles. The molecule has 1 unspecified atom stereocenters. The molecule has 1 aliphatic rings. The van der Waals surface area contributed by atoms with Crippen molar-refractivity contribution in [2.24, 2.45) is 7.05 Å². The average Bonchev–Trinajstić information content (AvgIpc) is 2.97. The van der Waals surface area contributed by atoms with Crippen LogP contribution in [0, 0.1) is 6.92 Å². The van der Waals surface area contributed by atoms with Crippen molar-refractivity contribution in [1.82, 2.24) is 14.2 Å². The van der Waals surface area contributed by atoms with Gasteiger partial charge in [-0.1, -0.05) is 42.7 Å². The maximum atomic E-state index is 12.9. The Bertz CT molecular complexity index is 961. The standard InChI is InChI=1S/C22H29N3O3S/c1-18-9-11-19(12-10-18)13-16-29(27,28)23-17-22(26)25-15-5-3-4-7-21(25)20-8-6-14-24(20)2/h6,8-14,16,21,23H,3-5,7,15,17H2,1-2H3/b16-13+. The third-order valence-electron chi connectivity index (χ3n) is 5.34. The molecule has 7 heteroatoms. The number of nitrogens with zero attached hydrogens (tertiary/aromatic N) is 2. The molecule has 2 aromatic rings. The van der Waals surface area contributed by atoms with Crippen LogP contribution < -0.4 is 4.72 Å². The molecule has 156 valence electrons. The first kappa shape index (κ1) is 21.3. The van der Waals surface area contributed by atoms with Gasteiger partial charge in [-0.05, 0) is 43.5 Å². The number of hydrogen-bond acceptors (Lipinski definition) is 3. The molecule has 1 atom stereocenters. The van der Waals surface area contributed by atoms with Gasteiger partial charge in [0.15, 0.2) is 0 Å². The quantitative estimate of drug-likeness (QED) is 0.786. The van der Waals surface area contributed by atoms with Gasteiger partial charge >= 0.3 is 0 Å². The van der Waals surface area contributed by atoms with Gasteiger partial charge in [-0.15, -0.1) is 0 Å². The minimum Gasteiger partial charge on any atom is -0.353 e. The van der Waals surface area contributed by atoms with Crippen molar-refractivity contribution < 1.29 is 13.2 Å². The number of amides is 1. The van der Waals surface area contributed by atoms with Gasteiger partial charge in [0.1, 0.15) is 0 Å². The molecule has 6 nitrogen and oxygen atoms in total. The zero-order valence-electron chi connectivity index (χ0n) is 17.0. The molecule has 29 heavy (non-hydrogen) atoms. The van der Waals surface area contributed by atoms with Crippen molar-refractivity contribution in [3.05, 3.63) is 64.8 Å². The minimum absolute atomic E-state index is 0.0161. The molecule has 1 saturated heterocycles. The van der Waals surface area contributed by atoms with Gasteiger partial charge in [-0.2, -0.15) is 0 Å². The molecular formula is C22H29N3O3S. The van der Waals surface area contributed by atoms with Crippen LogP contribution in [0.2, 0.25) is 0 Å². The van der Waals surface area contributed by atoms with Crippen molar-refractivity contribution in [3.8, 4) is 0 Å². The van der Waals surface area contributed by atoms with Crippen LogP contribution in [0.4, 0.5) is 0 Å². The molecule has 0 aliphatic carbocycles. The Morgan fingerprint density at radius 2 is 1.93 bits per heavy atom. The smallest absolute Gasteiger partial charge is 0.238 e. The maximum absolute atomic E-state index is 12.9. The lowest BCUT2D eigenvalue weighted by Gasteiger charge is -2.30. The largest absolute Gasteiger partial charge is 0.353 e. The molecule has 1 fully saturated rings. The van der Waals surface area contributed by atoms with Gasteiger partial charge in [0.25, 0.3) is 0 Å². The van der Waals surface area contributed by atoms with Crippen LogP contribution in [-0.4, -0.2) is 36.9 Å². The number of nitrogens with one attached hydrogen (secondary N) is 1. The highest BCUT2D eigenvalue weighted by Crippen LogP contribution is 2.30. The molecule has 1 aliphatic heterocycles. The van der Waals surface area contributed by atoms with E-state index in [4.69, 9.17) is 0 Å². The number of aromatic nitrogens is 1. The lowest BCUT2D eigenvalue weighted by atomic mass is 10.1. The van der Waals surface area contributed by atoms with Gasteiger partial charge in [0.05, 0.1) is 12.6 Å². The van der Waals surface area contributed by atoms with E-state index >= 15 is 0 Å². The molecule has 0 radical (unpaired) electrons. The third-order valence-corrected chi connectivity index (χ3v) is 6.38. The van der Waals surface area contributed by atoms with E-state index in [1.54, 1.807) is 0 Å². The number of carbonyl (C=O) groups excluding carboxylic acids is 1. The normalized spacial score (nSPS) is 18.1. The van der Waals surface area contributed by atoms with E-state index in [0.717, 1.165) is 47.9 Å². The molecule has 2 heterocycles. The summed E-state index contributed by atoms with van der Waals surface area (Å²) < 4.78 is 29.1. The van der Waals surface area contributed by atoms with E-state index in [9.17, 15) is 13.2 Å². The SMILES string of the molecule is Cc1ccc(/C=C/S(=O)(=O)NCC(=O)N2CCCCCC2c2cccn2C)cc1. The summed E-state index contributed by atoms with van der Waals surface area (Å²) in [5.74, 6) is -0.189. The minimum atomic E-state index is -3.70. The maximum Gasteiger partial charge on any atom is 0.238 e. The highest BCUT2D eigenvalue weighted by Gasteiger charge is 2.28. The molecule has 1 aromatic heterocycles. The first-order valence-electron chi connectivity index (χ1n) is 10.0. The lowest BCUT2D eigenvalue weighted by molar-refractivity contribution is -0.132. The van der Waals surface area contributed by atoms with Crippen molar-refractivity contribution in [3.63, 3.8) is 0 Å². The number of carbonyl (C=O) groups is 1. The number of likely N-dealkylation sites (tertiary alicyclic amines) is 1. The summed E-state index contributed by atoms with van der Waals surface area (Å²) in [6.45, 7) is 2.39. The first-order chi connectivity index (χ1) is 13.9. The number of aryl methyl sites for hydroxylation is 2. The Labute approximate surface area is 173 Å². The van der Waals surface area contributed by atoms with Crippen LogP contribution in [0.25, 0.3) is 6.08 Å². The second-order valence-electron chi connectivity index (χ2n) is 7.58. The van der Waals surface area contributed by atoms with Crippen molar-refractivity contribution in [1.29, 1.82) is 0 Å². The summed E-state index contributed by atoms with van der Waals surface area (Å²) in [7, 11) is -1.72. The summed E-state index contributed by atoms with van der Waals surface area (Å²) in [5.41, 5.74) is 2.99. The third kappa shape index (κ3) is 5.81. The van der Waals surface area contributed by atoms with Crippen molar-refractivity contribution >= 4 is 22.0 Å². The molecule has 1 N–H and O–H groups in total. The lowest BCUT2D eigenvalue weighted by Crippen LogP contribution is -2.42. The van der Waals surface area contributed by atoms with E-state index in [0.29, 0.717) is 6.54 Å². The van der Waals surface area contributed by atoms with Crippen molar-refractivity contribution in [2.45, 2.75) is 38.6 Å². The fraction of sp³-hybridized carbons (Fsp3) is 0.409. The summed E-state index contributed by atoms with van der Waals surface area (Å²) in [6, 6.07) is 11.5. The van der Waals surface area contributed by atoms with E-state index in [1.165, 1.54) is 6.08 Å². The molecule has 0 spiro atoms. The van der Waals surface area contributed by atoms with Crippen LogP contribution >= 0.6 is 0 Å². The fourth-order valence-corrected chi connectivity index (χ4v) is 4.45. The van der Waals surface area contributed by atoms with Crippen LogP contribution in [0.1, 0.15) is 48.5 Å². The van der Waals surface area contributed by atoms with Gasteiger partial charge < -0.3 is 9.47 Å². The second-order valence-corrected chi connectivity index (χ2v) is 9.23. The summed E-state index contributed by atoms with van der Waals surface area (Å²) in [4.78, 5) is 14.7. The number of benzene rings is 1. The number of sulfonamides is 1. The summed E-state index contributed by atoms with van der Waals surface area (Å²) >= 11 is 0.